The van der Waals surface area contributed by atoms with Crippen molar-refractivity contribution in [3.63, 3.8) is 0 Å². The van der Waals surface area contributed by atoms with E-state index in [0.717, 1.165) is 0 Å². The van der Waals surface area contributed by atoms with Crippen molar-refractivity contribution in [2.45, 2.75) is 13.0 Å². The highest BCUT2D eigenvalue weighted by molar-refractivity contribution is 6.32. The lowest BCUT2D eigenvalue weighted by Gasteiger charge is -2.11. The average Bonchev–Trinajstić information content (AvgIpc) is 2.22. The predicted octanol–water partition coefficient (Wildman–Crippen LogP) is 2.44. The summed E-state index contributed by atoms with van der Waals surface area (Å²) in [5, 5.41) is 17.3. The number of hydrogen-bond donors (Lipinski definition) is 1. The van der Waals surface area contributed by atoms with Crippen molar-refractivity contribution in [2.24, 2.45) is 0 Å². The van der Waals surface area contributed by atoms with Crippen LogP contribution in [0.4, 0.5) is 8.78 Å². The van der Waals surface area contributed by atoms with E-state index >= 15 is 0 Å². The van der Waals surface area contributed by atoms with Crippen molar-refractivity contribution < 1.29 is 23.4 Å². The molecular weight excluding hydrogens is 256 g/mol. The van der Waals surface area contributed by atoms with Gasteiger partial charge in [-0.1, -0.05) is 17.7 Å². The van der Waals surface area contributed by atoms with Crippen LogP contribution in [0.25, 0.3) is 0 Å². The van der Waals surface area contributed by atoms with Crippen LogP contribution >= 0.6 is 11.6 Å². The van der Waals surface area contributed by atoms with Crippen LogP contribution in [-0.4, -0.2) is 17.7 Å². The number of hydrogen-bond acceptors (Lipinski definition) is 3. The minimum atomic E-state index is -3.14. The minimum absolute atomic E-state index is 0.0695. The monoisotopic (exact) mass is 261 g/mol. The number of carbonyl (C=O) groups is 1. The standard InChI is InChI=1S/C10H6ClF2NO3/c11-7-2-1-5(3-8(15)16)6(4-14)9(7)17-10(12)13/h1-2,10H,3H2,(H,15,16). The van der Waals surface area contributed by atoms with Crippen LogP contribution in [-0.2, 0) is 11.2 Å². The molecule has 0 aliphatic carbocycles. The van der Waals surface area contributed by atoms with Gasteiger partial charge in [-0.2, -0.15) is 14.0 Å². The number of alkyl halides is 2. The molecule has 0 spiro atoms. The van der Waals surface area contributed by atoms with E-state index < -0.39 is 24.8 Å². The first-order chi connectivity index (χ1) is 7.95. The van der Waals surface area contributed by atoms with Crippen molar-refractivity contribution in [3.05, 3.63) is 28.3 Å². The molecule has 7 heteroatoms. The Hall–Kier alpha value is -1.87. The number of nitrogens with zero attached hydrogens (tertiary/aromatic N) is 1. The molecule has 1 aromatic rings. The third-order valence-corrected chi connectivity index (χ3v) is 2.15. The van der Waals surface area contributed by atoms with Gasteiger partial charge in [-0.15, -0.1) is 0 Å². The zero-order chi connectivity index (χ0) is 13.0. The first-order valence-corrected chi connectivity index (χ1v) is 4.71. The molecule has 0 saturated heterocycles. The summed E-state index contributed by atoms with van der Waals surface area (Å²) < 4.78 is 28.3. The van der Waals surface area contributed by atoms with Gasteiger partial charge in [-0.3, -0.25) is 4.79 Å². The lowest BCUT2D eigenvalue weighted by atomic mass is 10.0. The van der Waals surface area contributed by atoms with E-state index in [2.05, 4.69) is 4.74 Å². The van der Waals surface area contributed by atoms with Crippen molar-refractivity contribution in [2.75, 3.05) is 0 Å². The quantitative estimate of drug-likeness (QED) is 0.904. The predicted molar refractivity (Wildman–Crippen MR) is 54.1 cm³/mol. The largest absolute Gasteiger partial charge is 0.481 e. The molecule has 0 saturated carbocycles. The molecule has 0 aromatic heterocycles. The second-order valence-electron chi connectivity index (χ2n) is 2.97. The molecule has 90 valence electrons. The fourth-order valence-corrected chi connectivity index (χ4v) is 1.44. The molecule has 0 aliphatic rings. The summed E-state index contributed by atoms with van der Waals surface area (Å²) in [5.74, 6) is -1.69. The van der Waals surface area contributed by atoms with E-state index in [1.165, 1.54) is 12.1 Å². The number of rotatable bonds is 4. The van der Waals surface area contributed by atoms with Crippen molar-refractivity contribution in [1.29, 1.82) is 5.26 Å². The zero-order valence-electron chi connectivity index (χ0n) is 8.28. The maximum Gasteiger partial charge on any atom is 0.387 e. The molecule has 0 heterocycles. The van der Waals surface area contributed by atoms with Crippen molar-refractivity contribution >= 4 is 17.6 Å². The number of ether oxygens (including phenoxy) is 1. The van der Waals surface area contributed by atoms with Gasteiger partial charge in [0.1, 0.15) is 6.07 Å². The van der Waals surface area contributed by atoms with Gasteiger partial charge < -0.3 is 9.84 Å². The van der Waals surface area contributed by atoms with E-state index in [1.54, 1.807) is 6.07 Å². The maximum atomic E-state index is 12.1. The van der Waals surface area contributed by atoms with Crippen molar-refractivity contribution in [1.82, 2.24) is 0 Å². The zero-order valence-corrected chi connectivity index (χ0v) is 9.04. The Balaban J connectivity index is 3.27. The number of halogens is 3. The second-order valence-corrected chi connectivity index (χ2v) is 3.38. The highest BCUT2D eigenvalue weighted by Crippen LogP contribution is 2.32. The van der Waals surface area contributed by atoms with Gasteiger partial charge in [-0.25, -0.2) is 0 Å². The molecule has 0 fully saturated rings. The van der Waals surface area contributed by atoms with E-state index in [9.17, 15) is 13.6 Å². The first-order valence-electron chi connectivity index (χ1n) is 4.33. The Morgan fingerprint density at radius 1 is 1.59 bits per heavy atom. The summed E-state index contributed by atoms with van der Waals surface area (Å²) in [6.45, 7) is -3.14. The van der Waals surface area contributed by atoms with E-state index in [0.29, 0.717) is 0 Å². The molecule has 0 atom stereocenters. The van der Waals surface area contributed by atoms with Gasteiger partial charge in [0, 0.05) is 0 Å². The third kappa shape index (κ3) is 3.29. The van der Waals surface area contributed by atoms with E-state index in [4.69, 9.17) is 22.0 Å². The van der Waals surface area contributed by atoms with Crippen LogP contribution in [0.5, 0.6) is 5.75 Å². The molecule has 1 aromatic carbocycles. The summed E-state index contributed by atoms with van der Waals surface area (Å²) >= 11 is 5.60. The summed E-state index contributed by atoms with van der Waals surface area (Å²) in [6, 6.07) is 4.10. The Morgan fingerprint density at radius 3 is 2.71 bits per heavy atom. The molecule has 4 nitrogen and oxygen atoms in total. The topological polar surface area (TPSA) is 70.3 Å². The Kier molecular flexibility index (Phi) is 4.24. The smallest absolute Gasteiger partial charge is 0.387 e. The lowest BCUT2D eigenvalue weighted by Crippen LogP contribution is -2.08. The summed E-state index contributed by atoms with van der Waals surface area (Å²) in [7, 11) is 0. The van der Waals surface area contributed by atoms with Gasteiger partial charge in [-0.05, 0) is 11.6 Å². The number of benzene rings is 1. The summed E-state index contributed by atoms with van der Waals surface area (Å²) in [4.78, 5) is 10.5. The molecule has 0 aliphatic heterocycles. The Labute approximate surface area is 100.0 Å². The molecule has 0 bridgehead atoms. The fourth-order valence-electron chi connectivity index (χ4n) is 1.24. The molecular formula is C10H6ClF2NO3. The van der Waals surface area contributed by atoms with Crippen LogP contribution in [0.1, 0.15) is 11.1 Å². The van der Waals surface area contributed by atoms with Gasteiger partial charge >= 0.3 is 12.6 Å². The average molecular weight is 262 g/mol. The molecule has 0 amide bonds. The number of nitriles is 1. The number of carboxylic acid groups (broad SMARTS) is 1. The van der Waals surface area contributed by atoms with Crippen LogP contribution in [0.2, 0.25) is 5.02 Å². The number of carboxylic acids is 1. The lowest BCUT2D eigenvalue weighted by molar-refractivity contribution is -0.136. The Bertz CT molecular complexity index is 485. The Morgan fingerprint density at radius 2 is 2.24 bits per heavy atom. The van der Waals surface area contributed by atoms with Gasteiger partial charge in [0.2, 0.25) is 0 Å². The van der Waals surface area contributed by atoms with Crippen LogP contribution in [0.3, 0.4) is 0 Å². The molecule has 1 N–H and O–H groups in total. The van der Waals surface area contributed by atoms with Gasteiger partial charge in [0.25, 0.3) is 0 Å². The van der Waals surface area contributed by atoms with Crippen LogP contribution in [0, 0.1) is 11.3 Å². The first kappa shape index (κ1) is 13.2. The van der Waals surface area contributed by atoms with Crippen LogP contribution < -0.4 is 4.74 Å². The van der Waals surface area contributed by atoms with Gasteiger partial charge in [0.15, 0.2) is 5.75 Å². The molecule has 0 unspecified atom stereocenters. The molecule has 0 radical (unpaired) electrons. The second kappa shape index (κ2) is 5.46. The third-order valence-electron chi connectivity index (χ3n) is 1.86. The van der Waals surface area contributed by atoms with E-state index in [1.807, 2.05) is 0 Å². The van der Waals surface area contributed by atoms with Crippen LogP contribution in [0.15, 0.2) is 12.1 Å². The highest BCUT2D eigenvalue weighted by Gasteiger charge is 2.18. The SMILES string of the molecule is N#Cc1c(CC(=O)O)ccc(Cl)c1OC(F)F. The summed E-state index contributed by atoms with van der Waals surface area (Å²) in [6.07, 6.45) is -0.473. The van der Waals surface area contributed by atoms with Crippen molar-refractivity contribution in [3.8, 4) is 11.8 Å². The highest BCUT2D eigenvalue weighted by atomic mass is 35.5. The van der Waals surface area contributed by atoms with Gasteiger partial charge in [0.05, 0.1) is 17.0 Å². The summed E-state index contributed by atoms with van der Waals surface area (Å²) in [5.41, 5.74) is -0.222. The minimum Gasteiger partial charge on any atom is -0.481 e. The number of aliphatic carboxylic acids is 1. The molecule has 1 rings (SSSR count). The normalized spacial score (nSPS) is 10.1. The maximum absolute atomic E-state index is 12.1. The van der Waals surface area contributed by atoms with E-state index in [-0.39, 0.29) is 16.1 Å². The molecule has 17 heavy (non-hydrogen) atoms. The fraction of sp³-hybridized carbons (Fsp3) is 0.200.